The molecule has 37 heavy (non-hydrogen) atoms. The van der Waals surface area contributed by atoms with Crippen LogP contribution in [-0.2, 0) is 12.8 Å². The third kappa shape index (κ3) is 7.30. The molecule has 0 aliphatic carbocycles. The van der Waals surface area contributed by atoms with Gasteiger partial charge in [0.25, 0.3) is 5.91 Å². The van der Waals surface area contributed by atoms with Crippen LogP contribution in [0.5, 0.6) is 0 Å². The molecule has 1 aliphatic heterocycles. The summed E-state index contributed by atoms with van der Waals surface area (Å²) in [6.07, 6.45) is 13.7. The molecule has 2 aromatic carbocycles. The lowest BCUT2D eigenvalue weighted by Gasteiger charge is -2.19. The number of hydrogen-bond donors (Lipinski definition) is 1. The van der Waals surface area contributed by atoms with E-state index >= 15 is 0 Å². The van der Waals surface area contributed by atoms with E-state index < -0.39 is 0 Å². The van der Waals surface area contributed by atoms with E-state index in [2.05, 4.69) is 43.4 Å². The second kappa shape index (κ2) is 13.0. The van der Waals surface area contributed by atoms with Gasteiger partial charge in [0.05, 0.1) is 22.1 Å². The van der Waals surface area contributed by atoms with E-state index in [0.717, 1.165) is 53.9 Å². The maximum atomic E-state index is 12.7. The van der Waals surface area contributed by atoms with Crippen LogP contribution < -0.4 is 5.32 Å². The number of anilines is 1. The number of nitrogens with one attached hydrogen (secondary N) is 1. The summed E-state index contributed by atoms with van der Waals surface area (Å²) in [7, 11) is 0. The summed E-state index contributed by atoms with van der Waals surface area (Å²) < 4.78 is 0. The Bertz CT molecular complexity index is 1300. The average Bonchev–Trinajstić information content (AvgIpc) is 2.89. The Hall–Kier alpha value is -2.95. The van der Waals surface area contributed by atoms with Gasteiger partial charge in [0, 0.05) is 28.0 Å². The molecule has 6 heteroatoms. The van der Waals surface area contributed by atoms with Crippen molar-refractivity contribution in [3.63, 3.8) is 0 Å². The SMILES string of the molecule is CC=CCCC(CCC)Cc1ccc(C2=Nc3cc(Cl)c(NC(=O)c4cccc(Cl)c4)cc3CC2)cn1. The molecule has 0 saturated heterocycles. The van der Waals surface area contributed by atoms with E-state index in [-0.39, 0.29) is 5.91 Å². The number of benzene rings is 2. The number of allylic oxidation sites excluding steroid dienone is 2. The first kappa shape index (κ1) is 27.1. The number of hydrogen-bond acceptors (Lipinski definition) is 3. The summed E-state index contributed by atoms with van der Waals surface area (Å²) in [5.74, 6) is 0.410. The number of fused-ring (bicyclic) bond motifs is 1. The fourth-order valence-electron chi connectivity index (χ4n) is 4.76. The zero-order chi connectivity index (χ0) is 26.2. The van der Waals surface area contributed by atoms with E-state index in [4.69, 9.17) is 33.2 Å². The van der Waals surface area contributed by atoms with Crippen molar-refractivity contribution in [1.29, 1.82) is 0 Å². The summed E-state index contributed by atoms with van der Waals surface area (Å²) in [4.78, 5) is 22.3. The van der Waals surface area contributed by atoms with Crippen LogP contribution in [-0.4, -0.2) is 16.6 Å². The minimum atomic E-state index is -0.251. The lowest BCUT2D eigenvalue weighted by molar-refractivity contribution is 0.102. The largest absolute Gasteiger partial charge is 0.321 e. The van der Waals surface area contributed by atoms with E-state index in [9.17, 15) is 4.79 Å². The van der Waals surface area contributed by atoms with Crippen molar-refractivity contribution in [3.05, 3.63) is 99.3 Å². The highest BCUT2D eigenvalue weighted by Gasteiger charge is 2.18. The second-order valence-electron chi connectivity index (χ2n) is 9.53. The van der Waals surface area contributed by atoms with Gasteiger partial charge in [0.15, 0.2) is 0 Å². The standard InChI is InChI=1S/C31H33Cl2N3O/c1-3-5-6-9-21(8-4-2)16-26-14-12-24(20-34-26)28-15-13-22-18-30(27(33)19-29(22)35-28)36-31(37)23-10-7-11-25(32)17-23/h3,5,7,10-12,14,17-21H,4,6,8-9,13,15-16H2,1-2H3,(H,36,37). The summed E-state index contributed by atoms with van der Waals surface area (Å²) in [5.41, 5.74) is 6.15. The zero-order valence-corrected chi connectivity index (χ0v) is 22.9. The summed E-state index contributed by atoms with van der Waals surface area (Å²) >= 11 is 12.6. The second-order valence-corrected chi connectivity index (χ2v) is 10.4. The van der Waals surface area contributed by atoms with Gasteiger partial charge in [-0.3, -0.25) is 14.8 Å². The Morgan fingerprint density at radius 1 is 1.11 bits per heavy atom. The monoisotopic (exact) mass is 533 g/mol. The molecular weight excluding hydrogens is 501 g/mol. The number of aryl methyl sites for hydroxylation is 1. The van der Waals surface area contributed by atoms with Gasteiger partial charge in [-0.1, -0.05) is 61.2 Å². The molecular formula is C31H33Cl2N3O. The minimum absolute atomic E-state index is 0.251. The smallest absolute Gasteiger partial charge is 0.255 e. The molecule has 3 aromatic rings. The predicted octanol–water partition coefficient (Wildman–Crippen LogP) is 9.02. The first-order valence-corrected chi connectivity index (χ1v) is 13.8. The Morgan fingerprint density at radius 2 is 1.97 bits per heavy atom. The number of aromatic nitrogens is 1. The first-order valence-electron chi connectivity index (χ1n) is 13.0. The third-order valence-corrected chi connectivity index (χ3v) is 7.27. The van der Waals surface area contributed by atoms with E-state index in [1.807, 2.05) is 18.3 Å². The van der Waals surface area contributed by atoms with Crippen LogP contribution in [0.2, 0.25) is 10.0 Å². The van der Waals surface area contributed by atoms with Crippen molar-refractivity contribution in [3.8, 4) is 0 Å². The highest BCUT2D eigenvalue weighted by Crippen LogP contribution is 2.35. The topological polar surface area (TPSA) is 54.4 Å². The van der Waals surface area contributed by atoms with Gasteiger partial charge in [-0.05, 0) is 93.0 Å². The van der Waals surface area contributed by atoms with Gasteiger partial charge < -0.3 is 5.32 Å². The maximum absolute atomic E-state index is 12.7. The Morgan fingerprint density at radius 3 is 2.70 bits per heavy atom. The van der Waals surface area contributed by atoms with Gasteiger partial charge in [-0.2, -0.15) is 0 Å². The average molecular weight is 535 g/mol. The van der Waals surface area contributed by atoms with E-state index in [1.54, 1.807) is 24.3 Å². The minimum Gasteiger partial charge on any atom is -0.321 e. The van der Waals surface area contributed by atoms with Gasteiger partial charge in [0.1, 0.15) is 0 Å². The Kier molecular flexibility index (Phi) is 9.54. The molecule has 4 nitrogen and oxygen atoms in total. The molecule has 1 aliphatic rings. The van der Waals surface area contributed by atoms with E-state index in [1.165, 1.54) is 19.3 Å². The first-order chi connectivity index (χ1) is 18.0. The molecule has 0 saturated carbocycles. The molecule has 192 valence electrons. The molecule has 1 atom stereocenters. The van der Waals surface area contributed by atoms with Crippen molar-refractivity contribution in [2.45, 2.75) is 58.8 Å². The third-order valence-electron chi connectivity index (χ3n) is 6.72. The lowest BCUT2D eigenvalue weighted by atomic mass is 9.92. The Balaban J connectivity index is 1.46. The molecule has 1 unspecified atom stereocenters. The lowest BCUT2D eigenvalue weighted by Crippen LogP contribution is -2.13. The van der Waals surface area contributed by atoms with Crippen molar-refractivity contribution in [2.75, 3.05) is 5.32 Å². The molecule has 1 N–H and O–H groups in total. The fourth-order valence-corrected chi connectivity index (χ4v) is 5.16. The molecule has 4 rings (SSSR count). The molecule has 2 heterocycles. The van der Waals surface area contributed by atoms with Crippen LogP contribution in [0.15, 0.2) is 71.9 Å². The van der Waals surface area contributed by atoms with E-state index in [0.29, 0.717) is 27.2 Å². The van der Waals surface area contributed by atoms with Crippen molar-refractivity contribution < 1.29 is 4.79 Å². The van der Waals surface area contributed by atoms with Gasteiger partial charge in [0.2, 0.25) is 0 Å². The molecule has 0 radical (unpaired) electrons. The molecule has 1 aromatic heterocycles. The quantitative estimate of drug-likeness (QED) is 0.264. The molecule has 1 amide bonds. The summed E-state index contributed by atoms with van der Waals surface area (Å²) in [6.45, 7) is 4.33. The Labute approximate surface area is 229 Å². The number of aliphatic imine (C=N–C) groups is 1. The number of amides is 1. The fraction of sp³-hybridized carbons (Fsp3) is 0.323. The number of rotatable bonds is 10. The van der Waals surface area contributed by atoms with Gasteiger partial charge >= 0.3 is 0 Å². The maximum Gasteiger partial charge on any atom is 0.255 e. The van der Waals surface area contributed by atoms with Crippen molar-refractivity contribution in [1.82, 2.24) is 4.98 Å². The van der Waals surface area contributed by atoms with Crippen LogP contribution >= 0.6 is 23.2 Å². The van der Waals surface area contributed by atoms with Gasteiger partial charge in [-0.25, -0.2) is 0 Å². The number of pyridine rings is 1. The van der Waals surface area contributed by atoms with Gasteiger partial charge in [-0.15, -0.1) is 0 Å². The molecule has 0 spiro atoms. The summed E-state index contributed by atoms with van der Waals surface area (Å²) in [5, 5.41) is 3.87. The molecule has 0 bridgehead atoms. The number of halogens is 2. The number of nitrogens with zero attached hydrogens (tertiary/aromatic N) is 2. The van der Waals surface area contributed by atoms with Crippen molar-refractivity contribution in [2.24, 2.45) is 10.9 Å². The number of carbonyl (C=O) groups is 1. The van der Waals surface area contributed by atoms with Crippen LogP contribution in [0.25, 0.3) is 0 Å². The van der Waals surface area contributed by atoms with Crippen LogP contribution in [0.3, 0.4) is 0 Å². The highest BCUT2D eigenvalue weighted by atomic mass is 35.5. The number of carbonyl (C=O) groups excluding carboxylic acids is 1. The normalized spacial score (nSPS) is 13.8. The highest BCUT2D eigenvalue weighted by molar-refractivity contribution is 6.34. The summed E-state index contributed by atoms with van der Waals surface area (Å²) in [6, 6.07) is 14.9. The molecule has 0 fully saturated rings. The van der Waals surface area contributed by atoms with Crippen molar-refractivity contribution >= 4 is 46.2 Å². The van der Waals surface area contributed by atoms with Crippen LogP contribution in [0.1, 0.15) is 73.1 Å². The van der Waals surface area contributed by atoms with Crippen LogP contribution in [0.4, 0.5) is 11.4 Å². The van der Waals surface area contributed by atoms with Crippen LogP contribution in [0, 0.1) is 5.92 Å². The predicted molar refractivity (Wildman–Crippen MR) is 156 cm³/mol. The zero-order valence-electron chi connectivity index (χ0n) is 21.4.